The second kappa shape index (κ2) is 12.4. The fourth-order valence-electron chi connectivity index (χ4n) is 6.36. The van der Waals surface area contributed by atoms with E-state index in [0.29, 0.717) is 0 Å². The second-order valence-electron chi connectivity index (χ2n) is 11.7. The molecule has 5 heteroatoms. The summed E-state index contributed by atoms with van der Waals surface area (Å²) in [7, 11) is 0. The zero-order valence-electron chi connectivity index (χ0n) is 26.2. The summed E-state index contributed by atoms with van der Waals surface area (Å²) in [4.78, 5) is 4.73. The molecule has 5 nitrogen and oxygen atoms in total. The maximum Gasteiger partial charge on any atom is 0.137 e. The van der Waals surface area contributed by atoms with Crippen LogP contribution < -0.4 is 4.74 Å². The highest BCUT2D eigenvalue weighted by molar-refractivity contribution is 6.09. The molecule has 7 aromatic rings. The molecule has 224 valence electrons. The molecule has 0 radical (unpaired) electrons. The number of pyridine rings is 1. The molecular weight excluding hydrogens is 552 g/mol. The van der Waals surface area contributed by atoms with E-state index in [2.05, 4.69) is 127 Å². The minimum absolute atomic E-state index is 0.776. The number of aromatic nitrogens is 4. The Bertz CT molecular complexity index is 2100. The van der Waals surface area contributed by atoms with E-state index < -0.39 is 0 Å². The van der Waals surface area contributed by atoms with Crippen molar-refractivity contribution >= 4 is 21.8 Å². The van der Waals surface area contributed by atoms with Gasteiger partial charge in [0, 0.05) is 34.7 Å². The van der Waals surface area contributed by atoms with Crippen molar-refractivity contribution < 1.29 is 4.74 Å². The summed E-state index contributed by atoms with van der Waals surface area (Å²) < 4.78 is 11.0. The van der Waals surface area contributed by atoms with Crippen LogP contribution in [0.5, 0.6) is 11.5 Å². The Morgan fingerprint density at radius 1 is 0.689 bits per heavy atom. The summed E-state index contributed by atoms with van der Waals surface area (Å²) >= 11 is 0. The fraction of sp³-hybridized carbons (Fsp3) is 0.200. The van der Waals surface area contributed by atoms with Gasteiger partial charge >= 0.3 is 0 Å². The molecule has 7 rings (SSSR count). The van der Waals surface area contributed by atoms with Crippen LogP contribution in [0.1, 0.15) is 50.1 Å². The first-order valence-electron chi connectivity index (χ1n) is 16.0. The van der Waals surface area contributed by atoms with Crippen LogP contribution in [0.3, 0.4) is 0 Å². The molecule has 0 bridgehead atoms. The summed E-state index contributed by atoms with van der Waals surface area (Å²) in [5.74, 6) is 2.45. The van der Waals surface area contributed by atoms with Crippen LogP contribution in [0.4, 0.5) is 0 Å². The monoisotopic (exact) mass is 590 g/mol. The Labute approximate surface area is 264 Å². The number of hydrogen-bond donors (Lipinski definition) is 0. The van der Waals surface area contributed by atoms with Crippen molar-refractivity contribution in [2.75, 3.05) is 0 Å². The number of unbranched alkanes of at least 4 members (excludes halogenated alkanes) is 1. The number of rotatable bonds is 10. The first-order chi connectivity index (χ1) is 22.1. The third kappa shape index (κ3) is 5.51. The number of fused-ring (bicyclic) bond motifs is 3. The highest BCUT2D eigenvalue weighted by atomic mass is 16.5. The van der Waals surface area contributed by atoms with Gasteiger partial charge in [-0.05, 0) is 79.8 Å². The summed E-state index contributed by atoms with van der Waals surface area (Å²) in [5.41, 5.74) is 9.30. The highest BCUT2D eigenvalue weighted by Crippen LogP contribution is 2.36. The number of ether oxygens (including phenoxy) is 1. The molecule has 0 aliphatic carbocycles. The molecule has 0 aliphatic rings. The lowest BCUT2D eigenvalue weighted by Gasteiger charge is -2.12. The van der Waals surface area contributed by atoms with Crippen LogP contribution in [0.25, 0.3) is 44.4 Å². The van der Waals surface area contributed by atoms with Gasteiger partial charge in [-0.1, -0.05) is 81.3 Å². The standard InChI is InChI=1S/C40H38N4O/c1-4-6-19-37-40(29-14-8-7-9-15-29)35(13-5-2)42-44(37)30-16-12-17-31(26-30)45-32-21-22-34-33-18-10-11-20-36(33)43(38(34)27-32)39-25-28(3)23-24-41-39/h7-12,14-18,20-27H,4-6,13,19H2,1-3H3. The highest BCUT2D eigenvalue weighted by Gasteiger charge is 2.20. The first kappa shape index (κ1) is 28.6. The lowest BCUT2D eigenvalue weighted by Crippen LogP contribution is -2.03. The summed E-state index contributed by atoms with van der Waals surface area (Å²) in [6.45, 7) is 6.57. The maximum atomic E-state index is 6.57. The normalized spacial score (nSPS) is 11.4. The van der Waals surface area contributed by atoms with E-state index in [1.807, 2.05) is 18.3 Å². The molecule has 4 aromatic carbocycles. The van der Waals surface area contributed by atoms with Crippen molar-refractivity contribution in [1.29, 1.82) is 0 Å². The average Bonchev–Trinajstić information content (AvgIpc) is 3.59. The topological polar surface area (TPSA) is 44.9 Å². The van der Waals surface area contributed by atoms with E-state index >= 15 is 0 Å². The number of para-hydroxylation sites is 1. The minimum Gasteiger partial charge on any atom is -0.457 e. The number of benzene rings is 4. The van der Waals surface area contributed by atoms with Gasteiger partial charge in [-0.25, -0.2) is 9.67 Å². The first-order valence-corrected chi connectivity index (χ1v) is 16.0. The molecule has 0 unspecified atom stereocenters. The van der Waals surface area contributed by atoms with Crippen molar-refractivity contribution in [1.82, 2.24) is 19.3 Å². The molecule has 0 fully saturated rings. The molecule has 0 saturated heterocycles. The van der Waals surface area contributed by atoms with E-state index in [-0.39, 0.29) is 0 Å². The van der Waals surface area contributed by atoms with Gasteiger partial charge in [0.2, 0.25) is 0 Å². The zero-order valence-corrected chi connectivity index (χ0v) is 26.2. The van der Waals surface area contributed by atoms with Crippen LogP contribution >= 0.6 is 0 Å². The molecular formula is C40H38N4O. The van der Waals surface area contributed by atoms with Crippen LogP contribution in [-0.4, -0.2) is 19.3 Å². The van der Waals surface area contributed by atoms with Crippen LogP contribution in [0.15, 0.2) is 115 Å². The van der Waals surface area contributed by atoms with Crippen molar-refractivity contribution in [2.45, 2.75) is 52.9 Å². The van der Waals surface area contributed by atoms with E-state index in [1.54, 1.807) is 0 Å². The third-order valence-electron chi connectivity index (χ3n) is 8.44. The van der Waals surface area contributed by atoms with Crippen molar-refractivity contribution in [3.8, 4) is 34.1 Å². The summed E-state index contributed by atoms with van der Waals surface area (Å²) in [6, 6.07) is 38.0. The van der Waals surface area contributed by atoms with Crippen LogP contribution in [-0.2, 0) is 12.8 Å². The van der Waals surface area contributed by atoms with Gasteiger partial charge in [0.05, 0.1) is 28.1 Å². The maximum absolute atomic E-state index is 6.57. The molecule has 0 atom stereocenters. The van der Waals surface area contributed by atoms with Gasteiger partial charge in [-0.2, -0.15) is 5.10 Å². The molecule has 0 saturated carbocycles. The SMILES string of the molecule is CCCCc1c(-c2ccccc2)c(CCC)nn1-c1cccc(Oc2ccc3c4ccccc4n(-c4cc(C)ccn4)c3c2)c1. The van der Waals surface area contributed by atoms with Gasteiger partial charge < -0.3 is 4.74 Å². The van der Waals surface area contributed by atoms with Crippen LogP contribution in [0.2, 0.25) is 0 Å². The molecule has 0 N–H and O–H groups in total. The number of aryl methyl sites for hydroxylation is 2. The molecule has 0 aliphatic heterocycles. The third-order valence-corrected chi connectivity index (χ3v) is 8.44. The molecule has 45 heavy (non-hydrogen) atoms. The largest absolute Gasteiger partial charge is 0.457 e. The molecule has 0 spiro atoms. The van der Waals surface area contributed by atoms with Crippen molar-refractivity contribution in [3.05, 3.63) is 132 Å². The summed E-state index contributed by atoms with van der Waals surface area (Å²) in [5, 5.41) is 7.58. The van der Waals surface area contributed by atoms with Gasteiger partial charge in [-0.15, -0.1) is 0 Å². The van der Waals surface area contributed by atoms with Gasteiger partial charge in [0.1, 0.15) is 17.3 Å². The Hall–Kier alpha value is -5.16. The molecule has 3 heterocycles. The van der Waals surface area contributed by atoms with Gasteiger partial charge in [0.15, 0.2) is 0 Å². The minimum atomic E-state index is 0.776. The Kier molecular flexibility index (Phi) is 7.91. The smallest absolute Gasteiger partial charge is 0.137 e. The summed E-state index contributed by atoms with van der Waals surface area (Å²) in [6.07, 6.45) is 7.06. The predicted molar refractivity (Wildman–Crippen MR) is 185 cm³/mol. The molecule has 0 amide bonds. The fourth-order valence-corrected chi connectivity index (χ4v) is 6.36. The number of nitrogens with zero attached hydrogens (tertiary/aromatic N) is 4. The average molecular weight is 591 g/mol. The van der Waals surface area contributed by atoms with E-state index in [9.17, 15) is 0 Å². The lowest BCUT2D eigenvalue weighted by molar-refractivity contribution is 0.482. The van der Waals surface area contributed by atoms with Crippen LogP contribution in [0, 0.1) is 6.92 Å². The Morgan fingerprint density at radius 2 is 1.49 bits per heavy atom. The predicted octanol–water partition coefficient (Wildman–Crippen LogP) is 10.4. The molecule has 3 aromatic heterocycles. The Morgan fingerprint density at radius 3 is 2.31 bits per heavy atom. The van der Waals surface area contributed by atoms with Crippen molar-refractivity contribution in [2.24, 2.45) is 0 Å². The zero-order chi connectivity index (χ0) is 30.8. The van der Waals surface area contributed by atoms with Gasteiger partial charge in [-0.3, -0.25) is 4.57 Å². The second-order valence-corrected chi connectivity index (χ2v) is 11.7. The number of hydrogen-bond acceptors (Lipinski definition) is 3. The van der Waals surface area contributed by atoms with Gasteiger partial charge in [0.25, 0.3) is 0 Å². The lowest BCUT2D eigenvalue weighted by atomic mass is 9.98. The van der Waals surface area contributed by atoms with E-state index in [1.165, 1.54) is 33.2 Å². The van der Waals surface area contributed by atoms with Crippen molar-refractivity contribution in [3.63, 3.8) is 0 Å². The quantitative estimate of drug-likeness (QED) is 0.159. The van der Waals surface area contributed by atoms with E-state index in [4.69, 9.17) is 14.8 Å². The Balaban J connectivity index is 1.30. The van der Waals surface area contributed by atoms with E-state index in [0.717, 1.165) is 71.8 Å².